The first-order valence-corrected chi connectivity index (χ1v) is 15.7. The number of pyridine rings is 1. The second kappa shape index (κ2) is 11.0. The zero-order valence-corrected chi connectivity index (χ0v) is 25.2. The number of nitriles is 1. The van der Waals surface area contributed by atoms with Crippen LogP contribution in [0.15, 0.2) is 30.5 Å². The first-order chi connectivity index (χ1) is 23.5. The normalized spacial score (nSPS) is 29.4. The minimum absolute atomic E-state index is 0.0690. The van der Waals surface area contributed by atoms with Gasteiger partial charge in [0.25, 0.3) is 0 Å². The third kappa shape index (κ3) is 4.72. The highest BCUT2D eigenvalue weighted by Gasteiger charge is 2.57. The molecular formula is C35H31F4N7O. The number of benzene rings is 2. The van der Waals surface area contributed by atoms with Gasteiger partial charge in [0.1, 0.15) is 41.7 Å². The van der Waals surface area contributed by atoms with E-state index in [0.717, 1.165) is 0 Å². The lowest BCUT2D eigenvalue weighted by Gasteiger charge is -2.31. The SMILES string of the molecule is [2H]C([2H])(Oc1nc(N2CC[C@H](C#N)C[C@@H]3[C@H](F)[C@@H]32)c2cnc(-c3cc(N)cc4ccc(F)c(C#C)c34)c(F)c2n1)[C@@]12CCCN1C[C@H](F)C2. The van der Waals surface area contributed by atoms with Crippen molar-refractivity contribution in [3.05, 3.63) is 47.7 Å². The van der Waals surface area contributed by atoms with Gasteiger partial charge in [0.2, 0.25) is 0 Å². The smallest absolute Gasteiger partial charge is 0.319 e. The van der Waals surface area contributed by atoms with Crippen molar-refractivity contribution in [3.8, 4) is 35.7 Å². The number of nitrogen functional groups attached to an aromatic ring is 1. The minimum atomic E-state index is -2.49. The Morgan fingerprint density at radius 2 is 2.06 bits per heavy atom. The Labute approximate surface area is 271 Å². The number of aromatic nitrogens is 3. The molecule has 0 amide bonds. The lowest BCUT2D eigenvalue weighted by Crippen LogP contribution is -2.43. The Bertz CT molecular complexity index is 2120. The van der Waals surface area contributed by atoms with E-state index in [4.69, 9.17) is 19.6 Å². The summed E-state index contributed by atoms with van der Waals surface area (Å²) in [5.41, 5.74) is 4.58. The Kier molecular flexibility index (Phi) is 6.39. The summed E-state index contributed by atoms with van der Waals surface area (Å²) in [6.07, 6.45) is 6.16. The third-order valence-corrected chi connectivity index (χ3v) is 10.2. The summed E-state index contributed by atoms with van der Waals surface area (Å²) in [7, 11) is 0. The van der Waals surface area contributed by atoms with Gasteiger partial charge < -0.3 is 15.4 Å². The molecular weight excluding hydrogens is 610 g/mol. The van der Waals surface area contributed by atoms with Crippen molar-refractivity contribution in [2.24, 2.45) is 11.8 Å². The number of alkyl halides is 2. The van der Waals surface area contributed by atoms with Crippen molar-refractivity contribution in [2.45, 2.75) is 56.0 Å². The largest absolute Gasteiger partial charge is 0.461 e. The van der Waals surface area contributed by atoms with Crippen LogP contribution < -0.4 is 15.4 Å². The van der Waals surface area contributed by atoms with Crippen LogP contribution in [-0.4, -0.2) is 70.0 Å². The van der Waals surface area contributed by atoms with Gasteiger partial charge in [-0.3, -0.25) is 9.88 Å². The second-order valence-corrected chi connectivity index (χ2v) is 13.0. The fraction of sp³-hybridized carbons (Fsp3) is 0.429. The maximum Gasteiger partial charge on any atom is 0.319 e. The highest BCUT2D eigenvalue weighted by atomic mass is 19.1. The molecule has 6 atom stereocenters. The molecule has 12 heteroatoms. The molecule has 2 aromatic heterocycles. The Balaban J connectivity index is 1.32. The second-order valence-electron chi connectivity index (χ2n) is 13.0. The Morgan fingerprint density at radius 1 is 1.21 bits per heavy atom. The number of hydrogen-bond acceptors (Lipinski definition) is 8. The van der Waals surface area contributed by atoms with Crippen LogP contribution >= 0.6 is 0 Å². The summed E-state index contributed by atoms with van der Waals surface area (Å²) >= 11 is 0. The van der Waals surface area contributed by atoms with E-state index < -0.39 is 54.0 Å². The van der Waals surface area contributed by atoms with Gasteiger partial charge in [-0.2, -0.15) is 15.2 Å². The summed E-state index contributed by atoms with van der Waals surface area (Å²) in [6, 6.07) is 6.75. The van der Waals surface area contributed by atoms with Crippen LogP contribution in [0.2, 0.25) is 0 Å². The first kappa shape index (κ1) is 27.4. The van der Waals surface area contributed by atoms with E-state index in [1.807, 2.05) is 0 Å². The molecule has 1 aliphatic carbocycles. The summed E-state index contributed by atoms with van der Waals surface area (Å²) in [5, 5.41) is 10.4. The van der Waals surface area contributed by atoms with Crippen LogP contribution in [0.3, 0.4) is 0 Å². The molecule has 4 fully saturated rings. The van der Waals surface area contributed by atoms with E-state index in [-0.39, 0.29) is 70.0 Å². The number of nitrogens with zero attached hydrogens (tertiary/aromatic N) is 6. The van der Waals surface area contributed by atoms with Gasteiger partial charge in [-0.25, -0.2) is 17.6 Å². The van der Waals surface area contributed by atoms with Crippen LogP contribution in [0.1, 0.15) is 40.4 Å². The predicted octanol–water partition coefficient (Wildman–Crippen LogP) is 5.72. The Morgan fingerprint density at radius 3 is 2.87 bits per heavy atom. The van der Waals surface area contributed by atoms with Crippen molar-refractivity contribution in [1.29, 1.82) is 5.26 Å². The van der Waals surface area contributed by atoms with Gasteiger partial charge in [-0.1, -0.05) is 12.0 Å². The molecule has 47 heavy (non-hydrogen) atoms. The van der Waals surface area contributed by atoms with Crippen LogP contribution in [0.25, 0.3) is 32.9 Å². The number of halogens is 4. The van der Waals surface area contributed by atoms with Crippen LogP contribution in [0.4, 0.5) is 29.1 Å². The zero-order chi connectivity index (χ0) is 34.4. The number of nitrogens with two attached hydrogens (primary N) is 1. The standard InChI is InChI=1S/C35H31F4N7O/c1-2-22-26(37)5-4-19-11-21(41)12-23(27(19)22)30-29(39)31-25(15-42-30)33(46-9-6-18(14-40)10-24-28(38)32(24)46)44-34(43-31)47-17-35-7-3-8-45(35)16-20(36)13-35/h1,4-5,11-12,15,18,20,24,28,32H,3,6-10,13,16-17,41H2/t18-,20+,24+,28-,32+,35-/m0/s1/i17D2. The van der Waals surface area contributed by atoms with Crippen LogP contribution in [0.5, 0.6) is 6.01 Å². The molecule has 8 nitrogen and oxygen atoms in total. The average Bonchev–Trinajstić information content (AvgIpc) is 3.37. The maximum absolute atomic E-state index is 17.0. The molecule has 0 spiro atoms. The molecule has 3 aliphatic heterocycles. The summed E-state index contributed by atoms with van der Waals surface area (Å²) in [6.45, 7) is -1.70. The van der Waals surface area contributed by atoms with Gasteiger partial charge in [0.15, 0.2) is 5.82 Å². The number of terminal acetylenes is 1. The molecule has 3 saturated heterocycles. The molecule has 0 unspecified atom stereocenters. The van der Waals surface area contributed by atoms with Crippen molar-refractivity contribution in [2.75, 3.05) is 36.8 Å². The first-order valence-electron chi connectivity index (χ1n) is 16.7. The number of fused-ring (bicyclic) bond motifs is 4. The highest BCUT2D eigenvalue weighted by Crippen LogP contribution is 2.49. The fourth-order valence-corrected chi connectivity index (χ4v) is 7.91. The van der Waals surface area contributed by atoms with Gasteiger partial charge >= 0.3 is 6.01 Å². The molecule has 4 aromatic rings. The van der Waals surface area contributed by atoms with Crippen molar-refractivity contribution < 1.29 is 25.0 Å². The van der Waals surface area contributed by atoms with E-state index >= 15 is 8.78 Å². The molecule has 2 N–H and O–H groups in total. The van der Waals surface area contributed by atoms with Crippen LogP contribution in [0, 0.1) is 47.1 Å². The van der Waals surface area contributed by atoms with E-state index in [2.05, 4.69) is 26.9 Å². The topological polar surface area (TPSA) is 104 Å². The summed E-state index contributed by atoms with van der Waals surface area (Å²) in [5.74, 6) is -0.0694. The molecule has 1 saturated carbocycles. The van der Waals surface area contributed by atoms with Gasteiger partial charge in [-0.15, -0.1) is 6.42 Å². The average molecular weight is 644 g/mol. The molecule has 0 radical (unpaired) electrons. The minimum Gasteiger partial charge on any atom is -0.461 e. The molecule has 5 heterocycles. The van der Waals surface area contributed by atoms with Crippen molar-refractivity contribution in [1.82, 2.24) is 19.9 Å². The number of hydrogen-bond donors (Lipinski definition) is 1. The zero-order valence-electron chi connectivity index (χ0n) is 27.2. The molecule has 4 aliphatic rings. The molecule has 2 aromatic carbocycles. The van der Waals surface area contributed by atoms with E-state index in [0.29, 0.717) is 37.6 Å². The third-order valence-electron chi connectivity index (χ3n) is 10.2. The number of ether oxygens (including phenoxy) is 1. The van der Waals surface area contributed by atoms with E-state index in [1.54, 1.807) is 15.9 Å². The molecule has 0 bridgehead atoms. The highest BCUT2D eigenvalue weighted by molar-refractivity contribution is 6.03. The van der Waals surface area contributed by atoms with Gasteiger partial charge in [0.05, 0.1) is 31.3 Å². The Hall–Kier alpha value is -4.68. The lowest BCUT2D eigenvalue weighted by molar-refractivity contribution is 0.107. The number of anilines is 2. The molecule has 240 valence electrons. The molecule has 8 rings (SSSR count). The van der Waals surface area contributed by atoms with Gasteiger partial charge in [0, 0.05) is 54.2 Å². The quantitative estimate of drug-likeness (QED) is 0.167. The maximum atomic E-state index is 17.0. The van der Waals surface area contributed by atoms with E-state index in [1.165, 1.54) is 24.4 Å². The van der Waals surface area contributed by atoms with Crippen molar-refractivity contribution in [3.63, 3.8) is 0 Å². The van der Waals surface area contributed by atoms with Gasteiger partial charge in [-0.05, 0) is 55.8 Å². The monoisotopic (exact) mass is 643 g/mol. The predicted molar refractivity (Wildman–Crippen MR) is 169 cm³/mol. The fourth-order valence-electron chi connectivity index (χ4n) is 7.91. The van der Waals surface area contributed by atoms with Crippen molar-refractivity contribution >= 4 is 33.2 Å². The van der Waals surface area contributed by atoms with Crippen LogP contribution in [-0.2, 0) is 0 Å². The summed E-state index contributed by atoms with van der Waals surface area (Å²) in [4.78, 5) is 16.7. The number of rotatable bonds is 5. The summed E-state index contributed by atoms with van der Waals surface area (Å²) < 4.78 is 85.8. The van der Waals surface area contributed by atoms with E-state index in [9.17, 15) is 14.0 Å². The lowest BCUT2D eigenvalue weighted by atomic mass is 9.95.